The molecule has 2 nitrogen and oxygen atoms in total. The second-order valence-corrected chi connectivity index (χ2v) is 6.06. The van der Waals surface area contributed by atoms with Crippen molar-refractivity contribution < 1.29 is 8.68 Å². The third-order valence-electron chi connectivity index (χ3n) is 2.56. The summed E-state index contributed by atoms with van der Waals surface area (Å²) in [6.07, 6.45) is 1.08. The highest BCUT2D eigenvalue weighted by Gasteiger charge is 2.29. The molecule has 0 aromatic heterocycles. The zero-order valence-electron chi connectivity index (χ0n) is 10.3. The summed E-state index contributed by atoms with van der Waals surface area (Å²) in [5.74, 6) is -0.523. The summed E-state index contributed by atoms with van der Waals surface area (Å²) >= 11 is 0. The number of carbonyl (C=O) groups excluding carboxylic acids is 1. The highest BCUT2D eigenvalue weighted by Crippen LogP contribution is 2.60. The van der Waals surface area contributed by atoms with Gasteiger partial charge >= 0.3 is 0 Å². The van der Waals surface area contributed by atoms with Crippen LogP contribution in [0.15, 0.2) is 83.1 Å². The van der Waals surface area contributed by atoms with Gasteiger partial charge in [-0.1, -0.05) is 43.0 Å². The Morgan fingerprint density at radius 1 is 1.00 bits per heavy atom. The van der Waals surface area contributed by atoms with E-state index in [4.69, 9.17) is 0 Å². The fourth-order valence-corrected chi connectivity index (χ4v) is 3.58. The Bertz CT molecular complexity index is 532. The lowest BCUT2D eigenvalue weighted by atomic mass is 10.4. The zero-order valence-corrected chi connectivity index (χ0v) is 11.1. The van der Waals surface area contributed by atoms with Crippen LogP contribution in [-0.4, -0.2) is 5.91 Å². The van der Waals surface area contributed by atoms with E-state index in [1.807, 2.05) is 12.1 Å². The van der Waals surface area contributed by atoms with Crippen LogP contribution in [0.4, 0.5) is 3.89 Å². The van der Waals surface area contributed by atoms with Crippen LogP contribution in [-0.2, 0) is 4.79 Å². The second-order valence-electron chi connectivity index (χ2n) is 3.83. The molecule has 0 unspecified atom stereocenters. The quantitative estimate of drug-likeness (QED) is 0.839. The molecule has 2 aromatic carbocycles. The molecule has 0 saturated carbocycles. The Hall–Kier alpha value is -2.07. The van der Waals surface area contributed by atoms with Gasteiger partial charge in [-0.15, -0.1) is 0 Å². The molecule has 1 amide bonds. The van der Waals surface area contributed by atoms with Crippen LogP contribution >= 0.6 is 10.6 Å². The molecule has 1 N–H and O–H groups in total. The molecule has 0 fully saturated rings. The van der Waals surface area contributed by atoms with Crippen molar-refractivity contribution in [1.29, 1.82) is 0 Å². The van der Waals surface area contributed by atoms with Crippen LogP contribution in [0.3, 0.4) is 0 Å². The molecule has 0 aliphatic carbocycles. The van der Waals surface area contributed by atoms with Gasteiger partial charge in [0.2, 0.25) is 0 Å². The fourth-order valence-electron chi connectivity index (χ4n) is 1.65. The van der Waals surface area contributed by atoms with Crippen molar-refractivity contribution in [3.05, 3.63) is 73.3 Å². The van der Waals surface area contributed by atoms with Crippen molar-refractivity contribution in [3.63, 3.8) is 0 Å². The lowest BCUT2D eigenvalue weighted by molar-refractivity contribution is -0.114. The first-order valence-corrected chi connectivity index (χ1v) is 7.27. The summed E-state index contributed by atoms with van der Waals surface area (Å²) in [6, 6.07) is 17.3. The Labute approximate surface area is 113 Å². The maximum absolute atomic E-state index is 15.4. The molecule has 0 aliphatic rings. The molecule has 0 bridgehead atoms. The smallest absolute Gasteiger partial charge is 0.254 e. The molecule has 2 rings (SSSR count). The minimum Gasteiger partial charge on any atom is -0.283 e. The van der Waals surface area contributed by atoms with E-state index in [9.17, 15) is 4.79 Å². The van der Waals surface area contributed by atoms with Gasteiger partial charge in [0.15, 0.2) is 0 Å². The van der Waals surface area contributed by atoms with Gasteiger partial charge in [-0.3, -0.25) is 9.52 Å². The monoisotopic (exact) mass is 275 g/mol. The number of hydrogen-bond donors (Lipinski definition) is 1. The Kier molecular flexibility index (Phi) is 4.02. The summed E-state index contributed by atoms with van der Waals surface area (Å²) in [5.41, 5.74) is 0. The van der Waals surface area contributed by atoms with Gasteiger partial charge in [0.05, 0.1) is 0 Å². The number of amides is 1. The van der Waals surface area contributed by atoms with Gasteiger partial charge < -0.3 is 0 Å². The third-order valence-corrected chi connectivity index (χ3v) is 4.89. The van der Waals surface area contributed by atoms with Gasteiger partial charge in [0.1, 0.15) is 0 Å². The van der Waals surface area contributed by atoms with Gasteiger partial charge in [0, 0.05) is 20.4 Å². The summed E-state index contributed by atoms with van der Waals surface area (Å²) in [4.78, 5) is 12.4. The number of benzene rings is 2. The van der Waals surface area contributed by atoms with E-state index < -0.39 is 16.5 Å². The third kappa shape index (κ3) is 2.85. The highest BCUT2D eigenvalue weighted by molar-refractivity contribution is 8.28. The first kappa shape index (κ1) is 13.4. The van der Waals surface area contributed by atoms with Gasteiger partial charge in [0.25, 0.3) is 5.91 Å². The van der Waals surface area contributed by atoms with Crippen LogP contribution in [0.2, 0.25) is 0 Å². The standard InChI is InChI=1S/C15H14FNOS/c1-2-15(18)17-19(16,13-9-5-3-6-10-13)14-11-7-4-8-12-14/h2-12H,1H2,(H,17,18). The molecule has 98 valence electrons. The van der Waals surface area contributed by atoms with Crippen LogP contribution in [0, 0.1) is 0 Å². The van der Waals surface area contributed by atoms with Crippen molar-refractivity contribution in [3.8, 4) is 0 Å². The number of halogens is 1. The van der Waals surface area contributed by atoms with E-state index in [0.29, 0.717) is 9.79 Å². The predicted molar refractivity (Wildman–Crippen MR) is 76.5 cm³/mol. The van der Waals surface area contributed by atoms with E-state index >= 15 is 3.89 Å². The molecule has 0 heterocycles. The van der Waals surface area contributed by atoms with Crippen molar-refractivity contribution in [1.82, 2.24) is 4.72 Å². The van der Waals surface area contributed by atoms with Crippen molar-refractivity contribution in [2.24, 2.45) is 0 Å². The maximum atomic E-state index is 15.4. The molecular formula is C15H14FNOS. The molecule has 2 aromatic rings. The zero-order chi connectivity index (χ0) is 13.7. The lowest BCUT2D eigenvalue weighted by Gasteiger charge is -2.31. The molecule has 0 radical (unpaired) electrons. The van der Waals surface area contributed by atoms with Gasteiger partial charge in [-0.05, 0) is 30.3 Å². The maximum Gasteiger partial charge on any atom is 0.254 e. The van der Waals surface area contributed by atoms with Crippen LogP contribution in [0.25, 0.3) is 0 Å². The molecular weight excluding hydrogens is 261 g/mol. The van der Waals surface area contributed by atoms with Crippen LogP contribution < -0.4 is 4.72 Å². The topological polar surface area (TPSA) is 29.1 Å². The largest absolute Gasteiger partial charge is 0.283 e. The average molecular weight is 275 g/mol. The SMILES string of the molecule is C=CC(=O)NS(F)(c1ccccc1)c1ccccc1. The lowest BCUT2D eigenvalue weighted by Crippen LogP contribution is -2.23. The summed E-state index contributed by atoms with van der Waals surface area (Å²) in [7, 11) is -3.08. The number of nitrogens with one attached hydrogen (secondary N) is 1. The minimum atomic E-state index is -3.08. The molecule has 0 spiro atoms. The molecule has 0 aliphatic heterocycles. The molecule has 0 saturated heterocycles. The number of carbonyl (C=O) groups is 1. The molecule has 0 atom stereocenters. The summed E-state index contributed by atoms with van der Waals surface area (Å²) < 4.78 is 17.8. The van der Waals surface area contributed by atoms with Gasteiger partial charge in [-0.2, -0.15) is 3.89 Å². The van der Waals surface area contributed by atoms with E-state index in [-0.39, 0.29) is 0 Å². The van der Waals surface area contributed by atoms with Gasteiger partial charge in [-0.25, -0.2) is 0 Å². The Morgan fingerprint density at radius 2 is 1.42 bits per heavy atom. The highest BCUT2D eigenvalue weighted by atomic mass is 32.3. The Morgan fingerprint density at radius 3 is 1.79 bits per heavy atom. The Balaban J connectivity index is 2.50. The summed E-state index contributed by atoms with van der Waals surface area (Å²) in [6.45, 7) is 3.37. The van der Waals surface area contributed by atoms with Crippen LogP contribution in [0.5, 0.6) is 0 Å². The number of rotatable bonds is 4. The summed E-state index contributed by atoms with van der Waals surface area (Å²) in [5, 5.41) is 0. The van der Waals surface area contributed by atoms with Crippen molar-refractivity contribution >= 4 is 16.5 Å². The van der Waals surface area contributed by atoms with Crippen molar-refractivity contribution in [2.45, 2.75) is 9.79 Å². The second kappa shape index (κ2) is 5.71. The van der Waals surface area contributed by atoms with E-state index in [1.165, 1.54) is 0 Å². The van der Waals surface area contributed by atoms with Crippen molar-refractivity contribution in [2.75, 3.05) is 0 Å². The first-order valence-electron chi connectivity index (χ1n) is 5.74. The fraction of sp³-hybridized carbons (Fsp3) is 0. The van der Waals surface area contributed by atoms with E-state index in [0.717, 1.165) is 6.08 Å². The average Bonchev–Trinajstić information content (AvgIpc) is 2.48. The van der Waals surface area contributed by atoms with E-state index in [2.05, 4.69) is 11.3 Å². The minimum absolute atomic E-state index is 0.455. The first-order chi connectivity index (χ1) is 9.16. The predicted octanol–water partition coefficient (Wildman–Crippen LogP) is 4.01. The normalized spacial score (nSPS) is 11.6. The molecule has 4 heteroatoms. The van der Waals surface area contributed by atoms with E-state index in [1.54, 1.807) is 48.5 Å². The van der Waals surface area contributed by atoms with Crippen LogP contribution in [0.1, 0.15) is 0 Å². The molecule has 19 heavy (non-hydrogen) atoms. The number of hydrogen-bond acceptors (Lipinski definition) is 1.